The van der Waals surface area contributed by atoms with Crippen molar-refractivity contribution in [2.45, 2.75) is 32.6 Å². The minimum atomic E-state index is -0.100. The van der Waals surface area contributed by atoms with Gasteiger partial charge in [-0.2, -0.15) is 10.4 Å². The summed E-state index contributed by atoms with van der Waals surface area (Å²) in [5, 5.41) is 15.4. The van der Waals surface area contributed by atoms with Gasteiger partial charge in [-0.3, -0.25) is 9.48 Å². The first-order chi connectivity index (χ1) is 8.19. The number of hydrogen-bond acceptors (Lipinski definition) is 3. The van der Waals surface area contributed by atoms with Crippen LogP contribution in [0.15, 0.2) is 6.07 Å². The van der Waals surface area contributed by atoms with Crippen LogP contribution in [0.4, 0.5) is 0 Å². The van der Waals surface area contributed by atoms with Gasteiger partial charge in [0, 0.05) is 20.0 Å². The fourth-order valence-corrected chi connectivity index (χ4v) is 1.53. The lowest BCUT2D eigenvalue weighted by molar-refractivity contribution is 0.0943. The monoisotopic (exact) mass is 234 g/mol. The molecular formula is C12H18N4O. The van der Waals surface area contributed by atoms with E-state index in [-0.39, 0.29) is 5.91 Å². The Bertz CT molecular complexity index is 417. The molecule has 1 heterocycles. The highest BCUT2D eigenvalue weighted by atomic mass is 16.2. The molecule has 1 rings (SSSR count). The number of rotatable bonds is 6. The Morgan fingerprint density at radius 2 is 2.35 bits per heavy atom. The molecule has 0 atom stereocenters. The third-order valence-corrected chi connectivity index (χ3v) is 2.53. The van der Waals surface area contributed by atoms with Crippen LogP contribution in [0.5, 0.6) is 0 Å². The van der Waals surface area contributed by atoms with Crippen LogP contribution in [0.25, 0.3) is 0 Å². The normalized spacial score (nSPS) is 9.94. The van der Waals surface area contributed by atoms with Gasteiger partial charge in [0.1, 0.15) is 5.69 Å². The average Bonchev–Trinajstić information content (AvgIpc) is 2.70. The summed E-state index contributed by atoms with van der Waals surface area (Å²) in [7, 11) is 1.77. The number of aryl methyl sites for hydroxylation is 2. The molecule has 5 nitrogen and oxygen atoms in total. The molecule has 0 saturated carbocycles. The minimum absolute atomic E-state index is 0.100. The summed E-state index contributed by atoms with van der Waals surface area (Å²) in [6.45, 7) is 2.61. The Morgan fingerprint density at radius 3 is 2.94 bits per heavy atom. The third-order valence-electron chi connectivity index (χ3n) is 2.53. The molecule has 0 saturated heterocycles. The van der Waals surface area contributed by atoms with Crippen LogP contribution in [-0.2, 0) is 13.5 Å². The van der Waals surface area contributed by atoms with E-state index in [4.69, 9.17) is 5.26 Å². The molecule has 17 heavy (non-hydrogen) atoms. The molecule has 0 fully saturated rings. The first-order valence-corrected chi connectivity index (χ1v) is 5.87. The van der Waals surface area contributed by atoms with E-state index in [0.717, 1.165) is 25.0 Å². The average molecular weight is 234 g/mol. The summed E-state index contributed by atoms with van der Waals surface area (Å²) in [6.07, 6.45) is 3.02. The standard InChI is InChI=1S/C12H18N4O/c1-3-10-9-11(16(2)15-10)12(17)14-8-6-4-5-7-13/h9H,3-6,8H2,1-2H3,(H,14,17). The van der Waals surface area contributed by atoms with Gasteiger partial charge in [0.25, 0.3) is 5.91 Å². The van der Waals surface area contributed by atoms with E-state index >= 15 is 0 Å². The Kier molecular flexibility index (Phi) is 5.21. The Morgan fingerprint density at radius 1 is 1.59 bits per heavy atom. The van der Waals surface area contributed by atoms with Crippen molar-refractivity contribution in [3.05, 3.63) is 17.5 Å². The van der Waals surface area contributed by atoms with Crippen LogP contribution in [0.3, 0.4) is 0 Å². The second-order valence-corrected chi connectivity index (χ2v) is 3.87. The second-order valence-electron chi connectivity index (χ2n) is 3.87. The molecule has 0 aromatic carbocycles. The van der Waals surface area contributed by atoms with Crippen LogP contribution < -0.4 is 5.32 Å². The molecule has 0 spiro atoms. The summed E-state index contributed by atoms with van der Waals surface area (Å²) in [5.74, 6) is -0.100. The van der Waals surface area contributed by atoms with Crippen molar-refractivity contribution in [3.63, 3.8) is 0 Å². The summed E-state index contributed by atoms with van der Waals surface area (Å²) in [6, 6.07) is 3.89. The molecule has 92 valence electrons. The summed E-state index contributed by atoms with van der Waals surface area (Å²) in [5.41, 5.74) is 1.50. The van der Waals surface area contributed by atoms with Gasteiger partial charge in [-0.05, 0) is 25.3 Å². The van der Waals surface area contributed by atoms with E-state index in [1.165, 1.54) is 0 Å². The number of nitriles is 1. The molecule has 1 N–H and O–H groups in total. The molecule has 0 aliphatic heterocycles. The first kappa shape index (κ1) is 13.2. The first-order valence-electron chi connectivity index (χ1n) is 5.87. The van der Waals surface area contributed by atoms with E-state index in [0.29, 0.717) is 18.7 Å². The third kappa shape index (κ3) is 3.91. The maximum atomic E-state index is 11.8. The fourth-order valence-electron chi connectivity index (χ4n) is 1.53. The van der Waals surface area contributed by atoms with Crippen molar-refractivity contribution in [2.75, 3.05) is 6.54 Å². The number of nitrogens with one attached hydrogen (secondary N) is 1. The van der Waals surface area contributed by atoms with Crippen molar-refractivity contribution in [1.29, 1.82) is 5.26 Å². The molecule has 1 aromatic rings. The predicted molar refractivity (Wildman–Crippen MR) is 64.4 cm³/mol. The number of hydrogen-bond donors (Lipinski definition) is 1. The van der Waals surface area contributed by atoms with E-state index in [1.54, 1.807) is 11.7 Å². The quantitative estimate of drug-likeness (QED) is 0.756. The van der Waals surface area contributed by atoms with E-state index < -0.39 is 0 Å². The van der Waals surface area contributed by atoms with Gasteiger partial charge >= 0.3 is 0 Å². The van der Waals surface area contributed by atoms with Gasteiger partial charge in [-0.15, -0.1) is 0 Å². The van der Waals surface area contributed by atoms with E-state index in [9.17, 15) is 4.79 Å². The van der Waals surface area contributed by atoms with Crippen molar-refractivity contribution in [2.24, 2.45) is 7.05 Å². The van der Waals surface area contributed by atoms with Gasteiger partial charge in [0.15, 0.2) is 0 Å². The number of amides is 1. The maximum Gasteiger partial charge on any atom is 0.269 e. The SMILES string of the molecule is CCc1cc(C(=O)NCCCCC#N)n(C)n1. The number of carbonyl (C=O) groups is 1. The molecule has 1 aromatic heterocycles. The van der Waals surface area contributed by atoms with Crippen molar-refractivity contribution in [3.8, 4) is 6.07 Å². The van der Waals surface area contributed by atoms with Crippen LogP contribution >= 0.6 is 0 Å². The fraction of sp³-hybridized carbons (Fsp3) is 0.583. The topological polar surface area (TPSA) is 70.7 Å². The van der Waals surface area contributed by atoms with Gasteiger partial charge in [-0.25, -0.2) is 0 Å². The highest BCUT2D eigenvalue weighted by molar-refractivity contribution is 5.92. The number of unbranched alkanes of at least 4 members (excludes halogenated alkanes) is 2. The van der Waals surface area contributed by atoms with Gasteiger partial charge in [0.2, 0.25) is 0 Å². The zero-order chi connectivity index (χ0) is 12.7. The highest BCUT2D eigenvalue weighted by Gasteiger charge is 2.11. The summed E-state index contributed by atoms with van der Waals surface area (Å²) in [4.78, 5) is 11.8. The zero-order valence-corrected chi connectivity index (χ0v) is 10.4. The van der Waals surface area contributed by atoms with E-state index in [1.807, 2.05) is 13.0 Å². The number of nitrogens with zero attached hydrogens (tertiary/aromatic N) is 3. The zero-order valence-electron chi connectivity index (χ0n) is 10.4. The summed E-state index contributed by atoms with van der Waals surface area (Å²) >= 11 is 0. The Hall–Kier alpha value is -1.83. The van der Waals surface area contributed by atoms with Crippen LogP contribution in [0, 0.1) is 11.3 Å². The van der Waals surface area contributed by atoms with Crippen LogP contribution in [-0.4, -0.2) is 22.2 Å². The highest BCUT2D eigenvalue weighted by Crippen LogP contribution is 2.03. The second kappa shape index (κ2) is 6.69. The Labute approximate surface area is 101 Å². The molecule has 5 heteroatoms. The molecule has 0 aliphatic rings. The van der Waals surface area contributed by atoms with Crippen LogP contribution in [0.1, 0.15) is 42.4 Å². The molecular weight excluding hydrogens is 216 g/mol. The lowest BCUT2D eigenvalue weighted by Gasteiger charge is -2.03. The number of aromatic nitrogens is 2. The minimum Gasteiger partial charge on any atom is -0.351 e. The van der Waals surface area contributed by atoms with E-state index in [2.05, 4.69) is 16.5 Å². The lowest BCUT2D eigenvalue weighted by atomic mass is 10.2. The van der Waals surface area contributed by atoms with Crippen LogP contribution in [0.2, 0.25) is 0 Å². The molecule has 0 bridgehead atoms. The smallest absolute Gasteiger partial charge is 0.269 e. The van der Waals surface area contributed by atoms with Crippen molar-refractivity contribution >= 4 is 5.91 Å². The van der Waals surface area contributed by atoms with Crippen molar-refractivity contribution in [1.82, 2.24) is 15.1 Å². The predicted octanol–water partition coefficient (Wildman–Crippen LogP) is 1.41. The number of carbonyl (C=O) groups excluding carboxylic acids is 1. The van der Waals surface area contributed by atoms with Gasteiger partial charge in [0.05, 0.1) is 11.8 Å². The molecule has 1 amide bonds. The molecule has 0 aliphatic carbocycles. The lowest BCUT2D eigenvalue weighted by Crippen LogP contribution is -2.26. The Balaban J connectivity index is 2.41. The molecule has 0 unspecified atom stereocenters. The maximum absolute atomic E-state index is 11.8. The summed E-state index contributed by atoms with van der Waals surface area (Å²) < 4.78 is 1.60. The molecule has 0 radical (unpaired) electrons. The largest absolute Gasteiger partial charge is 0.351 e. The van der Waals surface area contributed by atoms with Crippen molar-refractivity contribution < 1.29 is 4.79 Å². The van der Waals surface area contributed by atoms with Gasteiger partial charge < -0.3 is 5.32 Å². The van der Waals surface area contributed by atoms with Gasteiger partial charge in [-0.1, -0.05) is 6.92 Å².